The van der Waals surface area contributed by atoms with E-state index in [0.717, 1.165) is 10.2 Å². The summed E-state index contributed by atoms with van der Waals surface area (Å²) in [7, 11) is 2.46. The molecule has 7 nitrogen and oxygen atoms in total. The Hall–Kier alpha value is -2.87. The first kappa shape index (κ1) is 19.5. The molecule has 0 saturated carbocycles. The zero-order valence-electron chi connectivity index (χ0n) is 14.2. The highest BCUT2D eigenvalue weighted by Gasteiger charge is 2.15. The van der Waals surface area contributed by atoms with E-state index in [-0.39, 0.29) is 29.3 Å². The Labute approximate surface area is 158 Å². The van der Waals surface area contributed by atoms with Crippen LogP contribution in [0.2, 0.25) is 0 Å². The fraction of sp³-hybridized carbons (Fsp3) is 0.167. The molecular formula is C18H17BrN2O5. The molecule has 0 bridgehead atoms. The van der Waals surface area contributed by atoms with Crippen LogP contribution in [0.4, 0.5) is 11.4 Å². The molecule has 0 spiro atoms. The molecule has 0 radical (unpaired) electrons. The summed E-state index contributed by atoms with van der Waals surface area (Å²) in [6.07, 6.45) is 0. The van der Waals surface area contributed by atoms with Crippen LogP contribution in [0.1, 0.15) is 20.7 Å². The van der Waals surface area contributed by atoms with Gasteiger partial charge in [-0.05, 0) is 46.3 Å². The van der Waals surface area contributed by atoms with Crippen molar-refractivity contribution in [1.29, 1.82) is 0 Å². The van der Waals surface area contributed by atoms with Gasteiger partial charge in [0.15, 0.2) is 0 Å². The van der Waals surface area contributed by atoms with Crippen LogP contribution >= 0.6 is 15.9 Å². The Bertz CT molecular complexity index is 804. The number of halogens is 1. The van der Waals surface area contributed by atoms with Crippen LogP contribution in [0.15, 0.2) is 46.9 Å². The maximum absolute atomic E-state index is 12.2. The summed E-state index contributed by atoms with van der Waals surface area (Å²) in [4.78, 5) is 35.7. The van der Waals surface area contributed by atoms with Gasteiger partial charge in [0.2, 0.25) is 5.91 Å². The van der Waals surface area contributed by atoms with E-state index in [1.165, 1.54) is 32.4 Å². The lowest BCUT2D eigenvalue weighted by atomic mass is 10.1. The summed E-state index contributed by atoms with van der Waals surface area (Å²) in [5.41, 5.74) is 1.31. The molecule has 1 amide bonds. The van der Waals surface area contributed by atoms with Gasteiger partial charge >= 0.3 is 11.9 Å². The van der Waals surface area contributed by atoms with Crippen LogP contribution in [-0.4, -0.2) is 38.6 Å². The minimum absolute atomic E-state index is 0.00137. The van der Waals surface area contributed by atoms with Crippen LogP contribution in [0.25, 0.3) is 0 Å². The highest BCUT2D eigenvalue weighted by molar-refractivity contribution is 9.10. The Morgan fingerprint density at radius 2 is 1.54 bits per heavy atom. The van der Waals surface area contributed by atoms with Crippen molar-refractivity contribution in [1.82, 2.24) is 0 Å². The molecule has 0 saturated heterocycles. The number of methoxy groups -OCH3 is 2. The van der Waals surface area contributed by atoms with Gasteiger partial charge in [-0.15, -0.1) is 0 Å². The molecule has 0 heterocycles. The lowest BCUT2D eigenvalue weighted by molar-refractivity contribution is -0.114. The number of esters is 2. The van der Waals surface area contributed by atoms with Crippen LogP contribution in [0.5, 0.6) is 0 Å². The highest BCUT2D eigenvalue weighted by atomic mass is 79.9. The molecule has 2 N–H and O–H groups in total. The number of amides is 1. The third-order valence-electron chi connectivity index (χ3n) is 3.37. The Kier molecular flexibility index (Phi) is 6.74. The highest BCUT2D eigenvalue weighted by Crippen LogP contribution is 2.21. The number of para-hydroxylation sites is 1. The number of ether oxygens (including phenoxy) is 2. The van der Waals surface area contributed by atoms with Gasteiger partial charge in [-0.3, -0.25) is 4.79 Å². The molecule has 0 aromatic heterocycles. The molecule has 2 aromatic rings. The van der Waals surface area contributed by atoms with Crippen molar-refractivity contribution < 1.29 is 23.9 Å². The van der Waals surface area contributed by atoms with Gasteiger partial charge in [0.25, 0.3) is 0 Å². The third-order valence-corrected chi connectivity index (χ3v) is 4.06. The van der Waals surface area contributed by atoms with Crippen molar-refractivity contribution in [2.45, 2.75) is 0 Å². The normalized spacial score (nSPS) is 9.96. The van der Waals surface area contributed by atoms with E-state index in [2.05, 4.69) is 36.0 Å². The van der Waals surface area contributed by atoms with E-state index in [0.29, 0.717) is 0 Å². The molecule has 0 fully saturated rings. The Morgan fingerprint density at radius 3 is 2.08 bits per heavy atom. The predicted octanol–water partition coefficient (Wildman–Crippen LogP) is 3.07. The van der Waals surface area contributed by atoms with Crippen molar-refractivity contribution in [3.63, 3.8) is 0 Å². The molecule has 0 aliphatic carbocycles. The first-order valence-corrected chi connectivity index (χ1v) is 8.34. The van der Waals surface area contributed by atoms with E-state index >= 15 is 0 Å². The zero-order chi connectivity index (χ0) is 19.1. The predicted molar refractivity (Wildman–Crippen MR) is 100 cm³/mol. The van der Waals surface area contributed by atoms with Crippen molar-refractivity contribution in [2.24, 2.45) is 0 Å². The number of nitrogens with one attached hydrogen (secondary N) is 2. The van der Waals surface area contributed by atoms with Gasteiger partial charge in [0, 0.05) is 15.8 Å². The molecular weight excluding hydrogens is 404 g/mol. The number of rotatable bonds is 6. The van der Waals surface area contributed by atoms with Gasteiger partial charge < -0.3 is 20.1 Å². The summed E-state index contributed by atoms with van der Waals surface area (Å²) in [6, 6.07) is 11.6. The first-order valence-electron chi connectivity index (χ1n) is 7.54. The molecule has 8 heteroatoms. The van der Waals surface area contributed by atoms with E-state index < -0.39 is 11.9 Å². The monoisotopic (exact) mass is 420 g/mol. The van der Waals surface area contributed by atoms with Gasteiger partial charge in [-0.1, -0.05) is 12.1 Å². The van der Waals surface area contributed by atoms with Crippen LogP contribution in [0, 0.1) is 0 Å². The number of carbonyl (C=O) groups is 3. The van der Waals surface area contributed by atoms with Gasteiger partial charge in [0.1, 0.15) is 0 Å². The molecule has 0 aliphatic heterocycles. The third kappa shape index (κ3) is 5.06. The number of carbonyl (C=O) groups excluding carboxylic acids is 3. The zero-order valence-corrected chi connectivity index (χ0v) is 15.8. The quantitative estimate of drug-likeness (QED) is 0.697. The maximum Gasteiger partial charge on any atom is 0.337 e. The minimum Gasteiger partial charge on any atom is -0.465 e. The van der Waals surface area contributed by atoms with Gasteiger partial charge in [0.05, 0.1) is 31.9 Å². The Morgan fingerprint density at radius 1 is 0.962 bits per heavy atom. The number of anilines is 2. The lowest BCUT2D eigenvalue weighted by Crippen LogP contribution is -2.22. The average molecular weight is 421 g/mol. The van der Waals surface area contributed by atoms with E-state index in [4.69, 9.17) is 0 Å². The van der Waals surface area contributed by atoms with Gasteiger partial charge in [-0.25, -0.2) is 9.59 Å². The molecule has 0 unspecified atom stereocenters. The Balaban J connectivity index is 2.14. The number of benzene rings is 2. The number of hydrogen-bond donors (Lipinski definition) is 2. The fourth-order valence-electron chi connectivity index (χ4n) is 2.16. The lowest BCUT2D eigenvalue weighted by Gasteiger charge is -2.11. The summed E-state index contributed by atoms with van der Waals surface area (Å²) < 4.78 is 10.2. The van der Waals surface area contributed by atoms with E-state index in [9.17, 15) is 14.4 Å². The van der Waals surface area contributed by atoms with Crippen molar-refractivity contribution >= 4 is 45.2 Å². The maximum atomic E-state index is 12.2. The number of hydrogen-bond acceptors (Lipinski definition) is 6. The van der Waals surface area contributed by atoms with Crippen molar-refractivity contribution in [2.75, 3.05) is 31.4 Å². The van der Waals surface area contributed by atoms with Crippen LogP contribution in [-0.2, 0) is 14.3 Å². The van der Waals surface area contributed by atoms with Crippen LogP contribution in [0.3, 0.4) is 0 Å². The SMILES string of the molecule is COC(=O)c1cc(NC(=O)CNc2ccccc2Br)cc(C(=O)OC)c1. The molecule has 2 rings (SSSR count). The van der Waals surface area contributed by atoms with Crippen LogP contribution < -0.4 is 10.6 Å². The van der Waals surface area contributed by atoms with E-state index in [1.807, 2.05) is 24.3 Å². The van der Waals surface area contributed by atoms with Gasteiger partial charge in [-0.2, -0.15) is 0 Å². The topological polar surface area (TPSA) is 93.7 Å². The minimum atomic E-state index is -0.627. The van der Waals surface area contributed by atoms with Crippen molar-refractivity contribution in [3.05, 3.63) is 58.1 Å². The van der Waals surface area contributed by atoms with Crippen molar-refractivity contribution in [3.8, 4) is 0 Å². The fourth-order valence-corrected chi connectivity index (χ4v) is 2.58. The summed E-state index contributed by atoms with van der Waals surface area (Å²) >= 11 is 3.38. The second-order valence-corrected chi connectivity index (χ2v) is 6.02. The standard InChI is InChI=1S/C18H17BrN2O5/c1-25-17(23)11-7-12(18(24)26-2)9-13(8-11)21-16(22)10-20-15-6-4-3-5-14(15)19/h3-9,20H,10H2,1-2H3,(H,21,22). The summed E-state index contributed by atoms with van der Waals surface area (Å²) in [6.45, 7) is -0.00137. The summed E-state index contributed by atoms with van der Waals surface area (Å²) in [5.74, 6) is -1.60. The average Bonchev–Trinajstić information content (AvgIpc) is 2.65. The molecule has 0 atom stereocenters. The first-order chi connectivity index (χ1) is 12.4. The summed E-state index contributed by atoms with van der Waals surface area (Å²) in [5, 5.41) is 5.63. The second-order valence-electron chi connectivity index (χ2n) is 5.16. The molecule has 0 aliphatic rings. The van der Waals surface area contributed by atoms with E-state index in [1.54, 1.807) is 0 Å². The molecule has 136 valence electrons. The largest absolute Gasteiger partial charge is 0.465 e. The molecule has 2 aromatic carbocycles. The second kappa shape index (κ2) is 9.00. The smallest absolute Gasteiger partial charge is 0.337 e. The molecule has 26 heavy (non-hydrogen) atoms.